The second-order valence-electron chi connectivity index (χ2n) is 2.40. The first-order valence-corrected chi connectivity index (χ1v) is 2.90. The molecule has 0 fully saturated rings. The summed E-state index contributed by atoms with van der Waals surface area (Å²) in [5.41, 5.74) is 4.19. The van der Waals surface area contributed by atoms with Gasteiger partial charge in [0.25, 0.3) is 0 Å². The van der Waals surface area contributed by atoms with Crippen molar-refractivity contribution >= 4 is 0 Å². The van der Waals surface area contributed by atoms with Crippen molar-refractivity contribution < 1.29 is 17.4 Å². The van der Waals surface area contributed by atoms with Crippen LogP contribution in [0.5, 0.6) is 0 Å². The quantitative estimate of drug-likeness (QED) is 0.509. The summed E-state index contributed by atoms with van der Waals surface area (Å²) in [4.78, 5) is 0. The molecule has 9 heavy (non-hydrogen) atoms. The van der Waals surface area contributed by atoms with E-state index in [1.807, 2.05) is 0 Å². The first-order chi connectivity index (χ1) is 3.70. The van der Waals surface area contributed by atoms with Crippen molar-refractivity contribution in [2.45, 2.75) is 20.8 Å². The van der Waals surface area contributed by atoms with Gasteiger partial charge in [0.2, 0.25) is 0 Å². The van der Waals surface area contributed by atoms with Gasteiger partial charge in [0.15, 0.2) is 0 Å². The maximum Gasteiger partial charge on any atom is 0 e. The van der Waals surface area contributed by atoms with Crippen LogP contribution in [0.2, 0.25) is 0 Å². The van der Waals surface area contributed by atoms with E-state index in [-0.39, 0.29) is 17.4 Å². The van der Waals surface area contributed by atoms with Crippen molar-refractivity contribution in [1.82, 2.24) is 0 Å². The normalized spacial score (nSPS) is 8.78. The first-order valence-electron chi connectivity index (χ1n) is 2.90. The van der Waals surface area contributed by atoms with Gasteiger partial charge in [-0.25, -0.2) is 6.07 Å². The van der Waals surface area contributed by atoms with Crippen LogP contribution in [0.4, 0.5) is 0 Å². The van der Waals surface area contributed by atoms with Crippen LogP contribution < -0.4 is 0 Å². The zero-order chi connectivity index (χ0) is 6.15. The van der Waals surface area contributed by atoms with Gasteiger partial charge in [-0.15, -0.1) is 0 Å². The Hall–Kier alpha value is -0.118. The van der Waals surface area contributed by atoms with E-state index in [9.17, 15) is 0 Å². The van der Waals surface area contributed by atoms with Crippen molar-refractivity contribution in [3.8, 4) is 0 Å². The van der Waals surface area contributed by atoms with E-state index < -0.39 is 0 Å². The van der Waals surface area contributed by atoms with Crippen LogP contribution in [-0.2, 0) is 17.4 Å². The first kappa shape index (κ1) is 8.88. The molecule has 0 aliphatic rings. The topological polar surface area (TPSA) is 0 Å². The molecule has 0 spiro atoms. The summed E-state index contributed by atoms with van der Waals surface area (Å²) in [6, 6.07) is 4.41. The van der Waals surface area contributed by atoms with Gasteiger partial charge in [0.05, 0.1) is 0 Å². The third kappa shape index (κ3) is 1.93. The largest absolute Gasteiger partial charge is 0.208 e. The molecule has 50 valence electrons. The fourth-order valence-electron chi connectivity index (χ4n) is 0.952. The van der Waals surface area contributed by atoms with Crippen molar-refractivity contribution in [2.75, 3.05) is 0 Å². The summed E-state index contributed by atoms with van der Waals surface area (Å²) in [5, 5.41) is 0. The molecule has 0 unspecified atom stereocenters. The van der Waals surface area contributed by atoms with Crippen LogP contribution in [0.15, 0.2) is 12.1 Å². The number of aryl methyl sites for hydroxylation is 3. The minimum Gasteiger partial charge on any atom is -0.208 e. The van der Waals surface area contributed by atoms with Crippen LogP contribution >= 0.6 is 0 Å². The molecule has 1 rings (SSSR count). The minimum atomic E-state index is 0. The molecule has 1 aromatic carbocycles. The van der Waals surface area contributed by atoms with Gasteiger partial charge < -0.3 is 0 Å². The molecule has 0 atom stereocenters. The predicted octanol–water partition coefficient (Wildman–Crippen LogP) is 2.33. The van der Waals surface area contributed by atoms with Crippen LogP contribution in [0.3, 0.4) is 0 Å². The van der Waals surface area contributed by atoms with Crippen LogP contribution in [0.1, 0.15) is 16.7 Å². The summed E-state index contributed by atoms with van der Waals surface area (Å²) >= 11 is 0. The average Bonchev–Trinajstić information content (AvgIpc) is 1.85. The third-order valence-corrected chi connectivity index (χ3v) is 1.51. The summed E-state index contributed by atoms with van der Waals surface area (Å²) in [7, 11) is 0. The Labute approximate surface area is 67.4 Å². The van der Waals surface area contributed by atoms with Gasteiger partial charge in [-0.2, -0.15) is 22.8 Å². The summed E-state index contributed by atoms with van der Waals surface area (Å²) in [6.45, 7) is 6.41. The summed E-state index contributed by atoms with van der Waals surface area (Å²) in [5.74, 6) is 0. The Kier molecular flexibility index (Phi) is 3.11. The molecule has 1 heteroatoms. The maximum atomic E-state index is 2.20. The van der Waals surface area contributed by atoms with Gasteiger partial charge in [0, 0.05) is 17.4 Å². The maximum absolute atomic E-state index is 2.20. The van der Waals surface area contributed by atoms with Crippen molar-refractivity contribution in [2.24, 2.45) is 0 Å². The van der Waals surface area contributed by atoms with Gasteiger partial charge in [-0.1, -0.05) is 20.8 Å². The molecule has 0 radical (unpaired) electrons. The Balaban J connectivity index is 0.000000640. The SMILES string of the molecule is Cc1cc(C)c(C)[cH-]1.[Cr]. The molecule has 0 heterocycles. The molecule has 0 saturated heterocycles. The Morgan fingerprint density at radius 2 is 1.78 bits per heavy atom. The van der Waals surface area contributed by atoms with E-state index in [0.717, 1.165) is 0 Å². The smallest absolute Gasteiger partial charge is 0 e. The minimum absolute atomic E-state index is 0. The van der Waals surface area contributed by atoms with Gasteiger partial charge >= 0.3 is 0 Å². The van der Waals surface area contributed by atoms with E-state index >= 15 is 0 Å². The van der Waals surface area contributed by atoms with Gasteiger partial charge in [0.1, 0.15) is 0 Å². The van der Waals surface area contributed by atoms with E-state index in [4.69, 9.17) is 0 Å². The predicted molar refractivity (Wildman–Crippen MR) is 36.2 cm³/mol. The molecule has 0 aromatic heterocycles. The zero-order valence-corrected chi connectivity index (χ0v) is 7.34. The fraction of sp³-hybridized carbons (Fsp3) is 0.375. The van der Waals surface area contributed by atoms with Crippen LogP contribution in [-0.4, -0.2) is 0 Å². The van der Waals surface area contributed by atoms with Crippen LogP contribution in [0, 0.1) is 20.8 Å². The van der Waals surface area contributed by atoms with Crippen LogP contribution in [0.25, 0.3) is 0 Å². The zero-order valence-electron chi connectivity index (χ0n) is 6.06. The second kappa shape index (κ2) is 3.15. The molecular weight excluding hydrogens is 148 g/mol. The number of rotatable bonds is 0. The molecule has 0 nitrogen and oxygen atoms in total. The van der Waals surface area contributed by atoms with Crippen molar-refractivity contribution in [1.29, 1.82) is 0 Å². The van der Waals surface area contributed by atoms with Gasteiger partial charge in [-0.3, -0.25) is 0 Å². The molecule has 0 saturated carbocycles. The Bertz CT molecular complexity index is 167. The molecule has 0 bridgehead atoms. The van der Waals surface area contributed by atoms with Crippen molar-refractivity contribution in [3.05, 3.63) is 28.8 Å². The molecule has 1 aromatic rings. The molecule has 0 N–H and O–H groups in total. The van der Waals surface area contributed by atoms with E-state index in [1.165, 1.54) is 16.7 Å². The Morgan fingerprint density at radius 3 is 1.89 bits per heavy atom. The monoisotopic (exact) mass is 159 g/mol. The molecule has 0 amide bonds. The molecular formula is C8H11Cr-. The molecule has 0 aliphatic carbocycles. The van der Waals surface area contributed by atoms with Crippen molar-refractivity contribution in [3.63, 3.8) is 0 Å². The van der Waals surface area contributed by atoms with E-state index in [2.05, 4.69) is 32.9 Å². The third-order valence-electron chi connectivity index (χ3n) is 1.51. The Morgan fingerprint density at radius 1 is 1.22 bits per heavy atom. The average molecular weight is 159 g/mol. The summed E-state index contributed by atoms with van der Waals surface area (Å²) < 4.78 is 0. The second-order valence-corrected chi connectivity index (χ2v) is 2.40. The molecule has 0 aliphatic heterocycles. The van der Waals surface area contributed by atoms with E-state index in [0.29, 0.717) is 0 Å². The number of hydrogen-bond donors (Lipinski definition) is 0. The standard InChI is InChI=1S/C8H11.Cr/c1-6-4-7(2)8(3)5-6;/h4-5H,1-3H3;/q-1;. The summed E-state index contributed by atoms with van der Waals surface area (Å²) in [6.07, 6.45) is 0. The fourth-order valence-corrected chi connectivity index (χ4v) is 0.952. The van der Waals surface area contributed by atoms with Gasteiger partial charge in [-0.05, 0) is 0 Å². The number of hydrogen-bond acceptors (Lipinski definition) is 0. The van der Waals surface area contributed by atoms with E-state index in [1.54, 1.807) is 0 Å².